The van der Waals surface area contributed by atoms with E-state index < -0.39 is 10.1 Å². The first-order chi connectivity index (χ1) is 11.7. The lowest BCUT2D eigenvalue weighted by Crippen LogP contribution is -2.42. The van der Waals surface area contributed by atoms with E-state index in [1.54, 1.807) is 18.6 Å². The van der Waals surface area contributed by atoms with Crippen LogP contribution in [0.2, 0.25) is 0 Å². The van der Waals surface area contributed by atoms with Crippen LogP contribution in [0.3, 0.4) is 0 Å². The highest BCUT2D eigenvalue weighted by molar-refractivity contribution is 7.85. The van der Waals surface area contributed by atoms with E-state index in [1.165, 1.54) is 0 Å². The van der Waals surface area contributed by atoms with Gasteiger partial charge in [-0.3, -0.25) is 4.18 Å². The smallest absolute Gasteiger partial charge is 0.264 e. The number of allylic oxidation sites excluding steroid dienone is 2. The molecule has 1 rings (SSSR count). The summed E-state index contributed by atoms with van der Waals surface area (Å²) < 4.78 is 26.9. The molecule has 0 aromatic rings. The van der Waals surface area contributed by atoms with E-state index >= 15 is 0 Å². The molecule has 7 heteroatoms. The third-order valence-corrected chi connectivity index (χ3v) is 4.74. The zero-order valence-electron chi connectivity index (χ0n) is 15.3. The van der Waals surface area contributed by atoms with Gasteiger partial charge in [-0.15, -0.1) is 0 Å². The summed E-state index contributed by atoms with van der Waals surface area (Å²) in [6.45, 7) is 13.8. The van der Waals surface area contributed by atoms with E-state index in [1.807, 2.05) is 29.0 Å². The quantitative estimate of drug-likeness (QED) is 0.243. The first-order valence-corrected chi connectivity index (χ1v) is 9.99. The van der Waals surface area contributed by atoms with Gasteiger partial charge in [0.05, 0.1) is 19.2 Å². The summed E-state index contributed by atoms with van der Waals surface area (Å²) in [6.07, 6.45) is 11.8. The maximum absolute atomic E-state index is 11.0. The Balaban J connectivity index is 2.51. The average Bonchev–Trinajstić information content (AvgIpc) is 2.50. The summed E-state index contributed by atoms with van der Waals surface area (Å²) in [6, 6.07) is 0.409. The fourth-order valence-corrected chi connectivity index (χ4v) is 2.89. The van der Waals surface area contributed by atoms with E-state index in [0.717, 1.165) is 19.1 Å². The molecule has 0 saturated heterocycles. The van der Waals surface area contributed by atoms with Crippen molar-refractivity contribution in [3.05, 3.63) is 50.0 Å². The van der Waals surface area contributed by atoms with E-state index in [9.17, 15) is 8.42 Å². The van der Waals surface area contributed by atoms with Crippen molar-refractivity contribution in [3.63, 3.8) is 0 Å². The fourth-order valence-electron chi connectivity index (χ4n) is 2.45. The number of likely N-dealkylation sites (N-methyl/N-ethyl adjacent to an activating group) is 1. The summed E-state index contributed by atoms with van der Waals surface area (Å²) in [5.74, 6) is 0.833. The number of rotatable bonds is 11. The van der Waals surface area contributed by atoms with Gasteiger partial charge in [0, 0.05) is 19.1 Å². The minimum absolute atomic E-state index is 0.188. The maximum atomic E-state index is 11.0. The number of hydrogen-bond donors (Lipinski definition) is 0. The topological polar surface area (TPSA) is 62.2 Å². The highest BCUT2D eigenvalue weighted by Crippen LogP contribution is 2.34. The van der Waals surface area contributed by atoms with Crippen molar-refractivity contribution < 1.29 is 12.6 Å². The van der Waals surface area contributed by atoms with Crippen LogP contribution in [-0.4, -0.2) is 56.6 Å². The fraction of sp³-hybridized carbons (Fsp3) is 0.500. The van der Waals surface area contributed by atoms with Crippen LogP contribution in [0.1, 0.15) is 19.8 Å². The molecule has 1 aliphatic carbocycles. The first kappa shape index (κ1) is 21.2. The van der Waals surface area contributed by atoms with E-state index in [0.29, 0.717) is 5.82 Å². The SMILES string of the molecule is C=C/C=C\C(C)N(C)C=NC(=C)N(C=C)C1CC(COS(C)(=O)=O)C1. The van der Waals surface area contributed by atoms with Crippen LogP contribution >= 0.6 is 0 Å². The van der Waals surface area contributed by atoms with E-state index in [4.69, 9.17) is 4.18 Å². The second kappa shape index (κ2) is 9.58. The number of aliphatic imine (C=N–C) groups is 1. The van der Waals surface area contributed by atoms with Gasteiger partial charge in [-0.1, -0.05) is 38.0 Å². The predicted molar refractivity (Wildman–Crippen MR) is 104 cm³/mol. The minimum Gasteiger partial charge on any atom is -0.359 e. The Labute approximate surface area is 152 Å². The van der Waals surface area contributed by atoms with Crippen molar-refractivity contribution >= 4 is 16.5 Å². The molecule has 0 radical (unpaired) electrons. The van der Waals surface area contributed by atoms with Crippen molar-refractivity contribution in [2.75, 3.05) is 19.9 Å². The lowest BCUT2D eigenvalue weighted by Gasteiger charge is -2.41. The zero-order valence-corrected chi connectivity index (χ0v) is 16.2. The predicted octanol–water partition coefficient (Wildman–Crippen LogP) is 2.75. The Kier molecular flexibility index (Phi) is 8.12. The lowest BCUT2D eigenvalue weighted by molar-refractivity contribution is 0.0998. The molecule has 1 fully saturated rings. The van der Waals surface area contributed by atoms with Crippen molar-refractivity contribution in [1.82, 2.24) is 9.80 Å². The molecule has 0 heterocycles. The van der Waals surface area contributed by atoms with Gasteiger partial charge in [0.15, 0.2) is 0 Å². The average molecular weight is 368 g/mol. The van der Waals surface area contributed by atoms with Crippen LogP contribution < -0.4 is 0 Å². The standard InChI is InChI=1S/C18H29N3O3S/c1-7-9-10-15(3)20(5)14-19-16(4)21(8-2)18-11-17(12-18)13-24-25(6,22)23/h7-10,14-15,17-18H,1-2,4,11-13H2,3,5-6H3/b10-9-,19-14?. The van der Waals surface area contributed by atoms with Crippen LogP contribution in [0.4, 0.5) is 0 Å². The monoisotopic (exact) mass is 367 g/mol. The largest absolute Gasteiger partial charge is 0.359 e. The van der Waals surface area contributed by atoms with Gasteiger partial charge in [-0.05, 0) is 31.9 Å². The molecule has 0 spiro atoms. The molecule has 0 aromatic carbocycles. The van der Waals surface area contributed by atoms with Crippen LogP contribution in [0.5, 0.6) is 0 Å². The first-order valence-electron chi connectivity index (χ1n) is 8.17. The van der Waals surface area contributed by atoms with Crippen molar-refractivity contribution in [2.24, 2.45) is 10.9 Å². The normalized spacial score (nSPS) is 21.7. The maximum Gasteiger partial charge on any atom is 0.264 e. The third-order valence-electron chi connectivity index (χ3n) is 4.17. The Morgan fingerprint density at radius 1 is 1.40 bits per heavy atom. The molecule has 0 aliphatic heterocycles. The molecule has 0 N–H and O–H groups in total. The van der Waals surface area contributed by atoms with E-state index in [2.05, 4.69) is 31.7 Å². The Morgan fingerprint density at radius 2 is 2.04 bits per heavy atom. The lowest BCUT2D eigenvalue weighted by atomic mass is 9.80. The van der Waals surface area contributed by atoms with Gasteiger partial charge < -0.3 is 9.80 Å². The molecule has 1 aliphatic rings. The summed E-state index contributed by atoms with van der Waals surface area (Å²) in [4.78, 5) is 8.30. The van der Waals surface area contributed by atoms with Crippen molar-refractivity contribution in [2.45, 2.75) is 31.8 Å². The van der Waals surface area contributed by atoms with Gasteiger partial charge in [0.1, 0.15) is 5.82 Å². The molecule has 1 unspecified atom stereocenters. The molecule has 1 saturated carbocycles. The molecule has 25 heavy (non-hydrogen) atoms. The minimum atomic E-state index is -3.38. The second-order valence-corrected chi connectivity index (χ2v) is 7.90. The van der Waals surface area contributed by atoms with Gasteiger partial charge in [0.2, 0.25) is 0 Å². The van der Waals surface area contributed by atoms with Gasteiger partial charge in [0.25, 0.3) is 10.1 Å². The Hall–Kier alpha value is -1.86. The highest BCUT2D eigenvalue weighted by atomic mass is 32.2. The van der Waals surface area contributed by atoms with Crippen LogP contribution in [0.25, 0.3) is 0 Å². The Bertz CT molecular complexity index is 634. The molecule has 1 atom stereocenters. The highest BCUT2D eigenvalue weighted by Gasteiger charge is 2.34. The van der Waals surface area contributed by atoms with E-state index in [-0.39, 0.29) is 24.6 Å². The second-order valence-electron chi connectivity index (χ2n) is 6.26. The molecular weight excluding hydrogens is 338 g/mol. The number of nitrogens with zero attached hydrogens (tertiary/aromatic N) is 3. The third kappa shape index (κ3) is 7.27. The molecule has 0 bridgehead atoms. The summed E-state index contributed by atoms with van der Waals surface area (Å²) in [7, 11) is -1.44. The van der Waals surface area contributed by atoms with Crippen LogP contribution in [0, 0.1) is 5.92 Å². The molecule has 0 amide bonds. The summed E-state index contributed by atoms with van der Waals surface area (Å²) in [5.41, 5.74) is 0. The molecule has 6 nitrogen and oxygen atoms in total. The summed E-state index contributed by atoms with van der Waals surface area (Å²) >= 11 is 0. The number of hydrogen-bond acceptors (Lipinski definition) is 5. The molecule has 140 valence electrons. The Morgan fingerprint density at radius 3 is 2.56 bits per heavy atom. The summed E-state index contributed by atoms with van der Waals surface area (Å²) in [5, 5.41) is 0. The zero-order chi connectivity index (χ0) is 19.0. The van der Waals surface area contributed by atoms with Gasteiger partial charge >= 0.3 is 0 Å². The van der Waals surface area contributed by atoms with Gasteiger partial charge in [-0.25, -0.2) is 4.99 Å². The van der Waals surface area contributed by atoms with Crippen molar-refractivity contribution in [3.8, 4) is 0 Å². The molecular formula is C18H29N3O3S. The van der Waals surface area contributed by atoms with Gasteiger partial charge in [-0.2, -0.15) is 8.42 Å². The van der Waals surface area contributed by atoms with Crippen molar-refractivity contribution in [1.29, 1.82) is 0 Å². The van der Waals surface area contributed by atoms with Crippen LogP contribution in [0.15, 0.2) is 55.0 Å². The molecule has 0 aromatic heterocycles. The van der Waals surface area contributed by atoms with Crippen LogP contribution in [-0.2, 0) is 14.3 Å².